The van der Waals surface area contributed by atoms with E-state index >= 15 is 0 Å². The van der Waals surface area contributed by atoms with Crippen LogP contribution in [0.5, 0.6) is 5.75 Å². The van der Waals surface area contributed by atoms with Crippen LogP contribution in [0.3, 0.4) is 0 Å². The van der Waals surface area contributed by atoms with E-state index in [-0.39, 0.29) is 34.9 Å². The van der Waals surface area contributed by atoms with Crippen LogP contribution < -0.4 is 5.32 Å². The van der Waals surface area contributed by atoms with Crippen molar-refractivity contribution in [3.05, 3.63) is 52.7 Å². The van der Waals surface area contributed by atoms with Crippen molar-refractivity contribution in [2.24, 2.45) is 0 Å². The van der Waals surface area contributed by atoms with Crippen LogP contribution in [0, 0.1) is 12.7 Å². The zero-order chi connectivity index (χ0) is 15.6. The zero-order valence-corrected chi connectivity index (χ0v) is 11.0. The van der Waals surface area contributed by atoms with E-state index in [9.17, 15) is 19.1 Å². The van der Waals surface area contributed by atoms with Crippen molar-refractivity contribution in [1.29, 1.82) is 0 Å². The van der Waals surface area contributed by atoms with E-state index in [1.165, 1.54) is 13.0 Å². The molecule has 3 N–H and O–H groups in total. The van der Waals surface area contributed by atoms with E-state index in [0.717, 1.165) is 18.2 Å². The van der Waals surface area contributed by atoms with E-state index in [1.54, 1.807) is 0 Å². The van der Waals surface area contributed by atoms with Crippen molar-refractivity contribution in [3.63, 3.8) is 0 Å². The number of hydrogen-bond donors (Lipinski definition) is 3. The minimum atomic E-state index is -1.13. The second-order valence-electron chi connectivity index (χ2n) is 4.33. The maximum absolute atomic E-state index is 13.0. The van der Waals surface area contributed by atoms with Crippen molar-refractivity contribution < 1.29 is 28.6 Å². The molecular weight excluding hydrogens is 281 g/mol. The average molecular weight is 293 g/mol. The summed E-state index contributed by atoms with van der Waals surface area (Å²) in [5.41, 5.74) is -0.204. The van der Waals surface area contributed by atoms with Crippen molar-refractivity contribution in [1.82, 2.24) is 5.32 Å². The largest absolute Gasteiger partial charge is 0.507 e. The molecular formula is C14H12FNO5. The number of phenols is 1. The lowest BCUT2D eigenvalue weighted by molar-refractivity contribution is 0.0694. The van der Waals surface area contributed by atoms with Gasteiger partial charge in [0.05, 0.1) is 12.1 Å². The lowest BCUT2D eigenvalue weighted by atomic mass is 10.2. The monoisotopic (exact) mass is 293 g/mol. The number of hydrogen-bond acceptors (Lipinski definition) is 4. The first-order valence-corrected chi connectivity index (χ1v) is 5.98. The molecule has 6 nitrogen and oxygen atoms in total. The number of halogens is 1. The number of carboxylic acid groups (broad SMARTS) is 1. The Morgan fingerprint density at radius 1 is 1.29 bits per heavy atom. The normalized spacial score (nSPS) is 10.4. The molecule has 0 saturated carbocycles. The number of phenolic OH excluding ortho intramolecular Hbond substituents is 1. The summed E-state index contributed by atoms with van der Waals surface area (Å²) < 4.78 is 18.2. The van der Waals surface area contributed by atoms with Crippen LogP contribution >= 0.6 is 0 Å². The Kier molecular flexibility index (Phi) is 3.93. The summed E-state index contributed by atoms with van der Waals surface area (Å²) in [7, 11) is 0. The molecule has 1 heterocycles. The van der Waals surface area contributed by atoms with Gasteiger partial charge in [-0.15, -0.1) is 0 Å². The Labute approximate surface area is 118 Å². The molecule has 0 fully saturated rings. The maximum Gasteiger partial charge on any atom is 0.339 e. The Morgan fingerprint density at radius 3 is 2.62 bits per heavy atom. The highest BCUT2D eigenvalue weighted by atomic mass is 19.1. The maximum atomic E-state index is 13.0. The molecule has 7 heteroatoms. The summed E-state index contributed by atoms with van der Waals surface area (Å²) in [5.74, 6) is -2.36. The molecule has 2 aromatic rings. The number of furan rings is 1. The first kappa shape index (κ1) is 14.6. The Balaban J connectivity index is 2.09. The topological polar surface area (TPSA) is 99.8 Å². The average Bonchev–Trinajstić information content (AvgIpc) is 2.80. The number of nitrogens with one attached hydrogen (secondary N) is 1. The van der Waals surface area contributed by atoms with E-state index in [4.69, 9.17) is 9.52 Å². The highest BCUT2D eigenvalue weighted by Crippen LogP contribution is 2.18. The van der Waals surface area contributed by atoms with E-state index < -0.39 is 17.7 Å². The third-order valence-electron chi connectivity index (χ3n) is 2.83. The number of amides is 1. The number of carbonyl (C=O) groups excluding carboxylic acids is 1. The molecule has 2 rings (SSSR count). The molecule has 110 valence electrons. The molecule has 0 aliphatic heterocycles. The van der Waals surface area contributed by atoms with Gasteiger partial charge >= 0.3 is 5.97 Å². The van der Waals surface area contributed by atoms with E-state index in [1.807, 2.05) is 0 Å². The molecule has 0 aliphatic carbocycles. The molecule has 1 aromatic carbocycles. The predicted molar refractivity (Wildman–Crippen MR) is 69.6 cm³/mol. The molecule has 0 atom stereocenters. The zero-order valence-electron chi connectivity index (χ0n) is 11.0. The summed E-state index contributed by atoms with van der Waals surface area (Å²) >= 11 is 0. The van der Waals surface area contributed by atoms with Gasteiger partial charge < -0.3 is 19.9 Å². The summed E-state index contributed by atoms with van der Waals surface area (Å²) in [5, 5.41) is 20.8. The van der Waals surface area contributed by atoms with Gasteiger partial charge in [0.2, 0.25) is 0 Å². The van der Waals surface area contributed by atoms with E-state index in [0.29, 0.717) is 0 Å². The molecule has 0 saturated heterocycles. The highest BCUT2D eigenvalue weighted by Gasteiger charge is 2.16. The van der Waals surface area contributed by atoms with Gasteiger partial charge in [-0.25, -0.2) is 9.18 Å². The third kappa shape index (κ3) is 3.19. The predicted octanol–water partition coefficient (Wildman–Crippen LogP) is 2.06. The van der Waals surface area contributed by atoms with Crippen LogP contribution in [0.4, 0.5) is 4.39 Å². The minimum Gasteiger partial charge on any atom is -0.507 e. The van der Waals surface area contributed by atoms with Gasteiger partial charge in [0, 0.05) is 0 Å². The summed E-state index contributed by atoms with van der Waals surface area (Å²) in [6, 6.07) is 4.30. The molecule has 0 radical (unpaired) electrons. The fourth-order valence-corrected chi connectivity index (χ4v) is 1.80. The molecule has 21 heavy (non-hydrogen) atoms. The van der Waals surface area contributed by atoms with Crippen molar-refractivity contribution in [2.45, 2.75) is 13.5 Å². The van der Waals surface area contributed by atoms with Crippen molar-refractivity contribution in [3.8, 4) is 5.75 Å². The quantitative estimate of drug-likeness (QED) is 0.801. The van der Waals surface area contributed by atoms with Crippen LogP contribution in [0.25, 0.3) is 0 Å². The summed E-state index contributed by atoms with van der Waals surface area (Å²) in [6.07, 6.45) is 0. The van der Waals surface area contributed by atoms with Gasteiger partial charge in [-0.1, -0.05) is 0 Å². The number of benzene rings is 1. The first-order chi connectivity index (χ1) is 9.88. The standard InChI is InChI=1S/C14H12FNO5/c1-7-10(14(19)20)5-9(21-7)6-16-13(18)11-4-8(15)2-3-12(11)17/h2-5,17H,6H2,1H3,(H,16,18)(H,19,20). The van der Waals surface area contributed by atoms with Crippen molar-refractivity contribution >= 4 is 11.9 Å². The highest BCUT2D eigenvalue weighted by molar-refractivity contribution is 5.96. The number of aryl methyl sites for hydroxylation is 1. The van der Waals surface area contributed by atoms with E-state index in [2.05, 4.69) is 5.32 Å². The fourth-order valence-electron chi connectivity index (χ4n) is 1.80. The van der Waals surface area contributed by atoms with Crippen LogP contribution in [-0.4, -0.2) is 22.1 Å². The number of aromatic hydroxyl groups is 1. The second kappa shape index (κ2) is 5.66. The second-order valence-corrected chi connectivity index (χ2v) is 4.33. The fraction of sp³-hybridized carbons (Fsp3) is 0.143. The first-order valence-electron chi connectivity index (χ1n) is 5.98. The summed E-state index contributed by atoms with van der Waals surface area (Å²) in [6.45, 7) is 1.41. The van der Waals surface area contributed by atoms with Gasteiger partial charge in [-0.2, -0.15) is 0 Å². The Hall–Kier alpha value is -2.83. The SMILES string of the molecule is Cc1oc(CNC(=O)c2cc(F)ccc2O)cc1C(=O)O. The van der Waals surface area contributed by atoms with Crippen LogP contribution in [0.2, 0.25) is 0 Å². The van der Waals surface area contributed by atoms with Gasteiger partial charge in [-0.05, 0) is 31.2 Å². The number of aromatic carboxylic acids is 1. The van der Waals surface area contributed by atoms with Gasteiger partial charge in [0.25, 0.3) is 5.91 Å². The Morgan fingerprint density at radius 2 is 2.00 bits per heavy atom. The Bertz CT molecular complexity index is 707. The molecule has 0 bridgehead atoms. The minimum absolute atomic E-state index is 0.00727. The van der Waals surface area contributed by atoms with Gasteiger partial charge in [0.15, 0.2) is 0 Å². The molecule has 1 aromatic heterocycles. The van der Waals surface area contributed by atoms with Crippen LogP contribution in [-0.2, 0) is 6.54 Å². The number of carbonyl (C=O) groups is 2. The smallest absolute Gasteiger partial charge is 0.339 e. The molecule has 1 amide bonds. The summed E-state index contributed by atoms with van der Waals surface area (Å²) in [4.78, 5) is 22.7. The lowest BCUT2D eigenvalue weighted by Gasteiger charge is -2.05. The molecule has 0 unspecified atom stereocenters. The molecule has 0 aliphatic rings. The third-order valence-corrected chi connectivity index (χ3v) is 2.83. The van der Waals surface area contributed by atoms with Crippen LogP contribution in [0.15, 0.2) is 28.7 Å². The number of rotatable bonds is 4. The van der Waals surface area contributed by atoms with Gasteiger partial charge in [-0.3, -0.25) is 4.79 Å². The van der Waals surface area contributed by atoms with Gasteiger partial charge in [0.1, 0.15) is 28.7 Å². The lowest BCUT2D eigenvalue weighted by Crippen LogP contribution is -2.22. The van der Waals surface area contributed by atoms with Crippen molar-refractivity contribution in [2.75, 3.05) is 0 Å². The number of carboxylic acids is 1. The van der Waals surface area contributed by atoms with Crippen LogP contribution in [0.1, 0.15) is 32.2 Å². The molecule has 0 spiro atoms.